The highest BCUT2D eigenvalue weighted by Crippen LogP contribution is 2.48. The molecular formula is C24H20O4. The number of hydrogen-bond acceptors (Lipinski definition) is 4. The summed E-state index contributed by atoms with van der Waals surface area (Å²) in [5.74, 6) is -1.65. The molecule has 28 heavy (non-hydrogen) atoms. The summed E-state index contributed by atoms with van der Waals surface area (Å²) in [6, 6.07) is 27.4. The molecular weight excluding hydrogens is 352 g/mol. The molecule has 0 unspecified atom stereocenters. The zero-order chi connectivity index (χ0) is 19.6. The fraction of sp³-hybridized carbons (Fsp3) is 0.125. The van der Waals surface area contributed by atoms with Crippen molar-refractivity contribution in [1.29, 1.82) is 0 Å². The Balaban J connectivity index is 2.04. The third-order valence-corrected chi connectivity index (χ3v) is 4.87. The first-order valence-electron chi connectivity index (χ1n) is 8.99. The van der Waals surface area contributed by atoms with Crippen molar-refractivity contribution in [3.63, 3.8) is 0 Å². The maximum atomic E-state index is 12.7. The first kappa shape index (κ1) is 18.0. The lowest BCUT2D eigenvalue weighted by atomic mass is 9.93. The van der Waals surface area contributed by atoms with E-state index < -0.39 is 11.8 Å². The molecule has 3 aromatic rings. The van der Waals surface area contributed by atoms with E-state index in [1.807, 2.05) is 84.9 Å². The van der Waals surface area contributed by atoms with Gasteiger partial charge in [-0.2, -0.15) is 0 Å². The lowest BCUT2D eigenvalue weighted by Crippen LogP contribution is -2.38. The van der Waals surface area contributed by atoms with Crippen molar-refractivity contribution in [2.24, 2.45) is 0 Å². The number of ether oxygens (including phenoxy) is 3. The number of methoxy groups -OCH3 is 2. The molecule has 1 heterocycles. The Morgan fingerprint density at radius 1 is 0.786 bits per heavy atom. The van der Waals surface area contributed by atoms with Crippen LogP contribution in [0, 0.1) is 0 Å². The van der Waals surface area contributed by atoms with E-state index in [2.05, 4.69) is 0 Å². The molecule has 0 radical (unpaired) electrons. The molecule has 0 fully saturated rings. The van der Waals surface area contributed by atoms with E-state index >= 15 is 0 Å². The summed E-state index contributed by atoms with van der Waals surface area (Å²) in [6.45, 7) is 0. The minimum atomic E-state index is -1.63. The van der Waals surface area contributed by atoms with E-state index in [1.165, 1.54) is 14.2 Å². The number of hydrogen-bond donors (Lipinski definition) is 0. The van der Waals surface area contributed by atoms with Gasteiger partial charge in [0, 0.05) is 23.8 Å². The van der Waals surface area contributed by atoms with Crippen molar-refractivity contribution in [1.82, 2.24) is 0 Å². The molecule has 0 amide bonds. The first-order valence-corrected chi connectivity index (χ1v) is 8.99. The number of carbonyl (C=O) groups excluding carboxylic acids is 1. The van der Waals surface area contributed by atoms with Crippen LogP contribution in [0.4, 0.5) is 0 Å². The van der Waals surface area contributed by atoms with Crippen LogP contribution in [0.15, 0.2) is 84.9 Å². The van der Waals surface area contributed by atoms with E-state index in [1.54, 1.807) is 0 Å². The van der Waals surface area contributed by atoms with Gasteiger partial charge in [0.2, 0.25) is 0 Å². The van der Waals surface area contributed by atoms with Gasteiger partial charge in [-0.15, -0.1) is 0 Å². The van der Waals surface area contributed by atoms with Gasteiger partial charge >= 0.3 is 11.8 Å². The molecule has 0 aliphatic carbocycles. The zero-order valence-electron chi connectivity index (χ0n) is 15.7. The Morgan fingerprint density at radius 3 is 1.86 bits per heavy atom. The Bertz CT molecular complexity index is 983. The summed E-state index contributed by atoms with van der Waals surface area (Å²) in [6.07, 6.45) is 0. The number of carbonyl (C=O) groups is 1. The van der Waals surface area contributed by atoms with Gasteiger partial charge in [-0.25, -0.2) is 4.79 Å². The van der Waals surface area contributed by atoms with Crippen molar-refractivity contribution in [2.75, 3.05) is 14.2 Å². The van der Waals surface area contributed by atoms with Gasteiger partial charge < -0.3 is 14.2 Å². The quantitative estimate of drug-likeness (QED) is 0.628. The Morgan fingerprint density at radius 2 is 1.32 bits per heavy atom. The molecule has 4 rings (SSSR count). The number of rotatable bonds is 4. The van der Waals surface area contributed by atoms with Gasteiger partial charge in [-0.3, -0.25) is 0 Å². The fourth-order valence-corrected chi connectivity index (χ4v) is 3.57. The normalized spacial score (nSPS) is 17.6. The molecule has 1 atom stereocenters. The van der Waals surface area contributed by atoms with Crippen LogP contribution < -0.4 is 0 Å². The number of esters is 1. The summed E-state index contributed by atoms with van der Waals surface area (Å²) in [5, 5.41) is 0. The second-order valence-corrected chi connectivity index (χ2v) is 6.40. The number of benzene rings is 3. The number of fused-ring (bicyclic) bond motifs is 1. The van der Waals surface area contributed by atoms with Crippen LogP contribution in [-0.4, -0.2) is 20.2 Å². The molecule has 0 aromatic heterocycles. The molecule has 3 aromatic carbocycles. The molecule has 140 valence electrons. The van der Waals surface area contributed by atoms with E-state index in [0.29, 0.717) is 11.3 Å². The smallest absolute Gasteiger partial charge is 0.384 e. The minimum Gasteiger partial charge on any atom is -0.464 e. The van der Waals surface area contributed by atoms with Gasteiger partial charge in [-0.1, -0.05) is 84.9 Å². The van der Waals surface area contributed by atoms with Gasteiger partial charge in [-0.05, 0) is 11.1 Å². The van der Waals surface area contributed by atoms with Crippen LogP contribution in [0.1, 0.15) is 22.3 Å². The summed E-state index contributed by atoms with van der Waals surface area (Å²) in [7, 11) is 2.77. The predicted molar refractivity (Wildman–Crippen MR) is 107 cm³/mol. The average Bonchev–Trinajstić information content (AvgIpc) is 3.10. The Kier molecular flexibility index (Phi) is 4.72. The largest absolute Gasteiger partial charge is 0.464 e. The van der Waals surface area contributed by atoms with Crippen molar-refractivity contribution in [3.05, 3.63) is 107 Å². The molecule has 0 N–H and O–H groups in total. The lowest BCUT2D eigenvalue weighted by Gasteiger charge is -2.25. The van der Waals surface area contributed by atoms with Crippen molar-refractivity contribution >= 4 is 17.3 Å². The zero-order valence-corrected chi connectivity index (χ0v) is 15.7. The van der Waals surface area contributed by atoms with E-state index in [0.717, 1.165) is 22.3 Å². The maximum absolute atomic E-state index is 12.7. The van der Waals surface area contributed by atoms with E-state index in [-0.39, 0.29) is 0 Å². The topological polar surface area (TPSA) is 44.8 Å². The Labute approximate surface area is 164 Å². The second-order valence-electron chi connectivity index (χ2n) is 6.40. The third kappa shape index (κ3) is 2.79. The highest BCUT2D eigenvalue weighted by atomic mass is 16.7. The minimum absolute atomic E-state index is 0.584. The first-order chi connectivity index (χ1) is 13.7. The van der Waals surface area contributed by atoms with Crippen LogP contribution >= 0.6 is 0 Å². The molecule has 0 saturated heterocycles. The molecule has 0 spiro atoms. The van der Waals surface area contributed by atoms with E-state index in [9.17, 15) is 4.79 Å². The van der Waals surface area contributed by atoms with Crippen LogP contribution in [0.2, 0.25) is 0 Å². The molecule has 1 aliphatic heterocycles. The third-order valence-electron chi connectivity index (χ3n) is 4.87. The Hall–Kier alpha value is -3.37. The van der Waals surface area contributed by atoms with Gasteiger partial charge in [0.1, 0.15) is 5.76 Å². The highest BCUT2D eigenvalue weighted by molar-refractivity contribution is 6.00. The predicted octanol–water partition coefficient (Wildman–Crippen LogP) is 4.61. The van der Waals surface area contributed by atoms with Gasteiger partial charge in [0.05, 0.1) is 7.11 Å². The fourth-order valence-electron chi connectivity index (χ4n) is 3.57. The summed E-state index contributed by atoms with van der Waals surface area (Å²) in [5.41, 5.74) is 4.28. The standard InChI is InChI=1S/C24H20O4/c1-26-23(25)24(27-2)20-16-10-9-15-19(20)22(28-24)21(17-11-5-3-6-12-17)18-13-7-4-8-14-18/h3-16H,1-2H3/t24-/m1/s1. The summed E-state index contributed by atoms with van der Waals surface area (Å²) in [4.78, 5) is 12.7. The average molecular weight is 372 g/mol. The maximum Gasteiger partial charge on any atom is 0.384 e. The molecule has 0 saturated carbocycles. The van der Waals surface area contributed by atoms with Crippen molar-refractivity contribution < 1.29 is 19.0 Å². The SMILES string of the molecule is COC(=O)[C@]1(OC)OC(=C(c2ccccc2)c2ccccc2)c2ccccc21. The summed E-state index contributed by atoms with van der Waals surface area (Å²) >= 11 is 0. The lowest BCUT2D eigenvalue weighted by molar-refractivity contribution is -0.215. The van der Waals surface area contributed by atoms with Crippen LogP contribution in [0.3, 0.4) is 0 Å². The second kappa shape index (κ2) is 7.33. The molecule has 0 bridgehead atoms. The molecule has 4 nitrogen and oxygen atoms in total. The van der Waals surface area contributed by atoms with Crippen LogP contribution in [0.25, 0.3) is 11.3 Å². The van der Waals surface area contributed by atoms with Crippen LogP contribution in [0.5, 0.6) is 0 Å². The van der Waals surface area contributed by atoms with Crippen molar-refractivity contribution in [2.45, 2.75) is 5.79 Å². The van der Waals surface area contributed by atoms with Gasteiger partial charge in [0.25, 0.3) is 0 Å². The highest BCUT2D eigenvalue weighted by Gasteiger charge is 2.52. The molecule has 1 aliphatic rings. The summed E-state index contributed by atoms with van der Waals surface area (Å²) < 4.78 is 16.9. The molecule has 4 heteroatoms. The van der Waals surface area contributed by atoms with E-state index in [4.69, 9.17) is 14.2 Å². The van der Waals surface area contributed by atoms with Crippen molar-refractivity contribution in [3.8, 4) is 0 Å². The monoisotopic (exact) mass is 372 g/mol. The van der Waals surface area contributed by atoms with Crippen LogP contribution in [-0.2, 0) is 24.8 Å². The van der Waals surface area contributed by atoms with Gasteiger partial charge in [0.15, 0.2) is 0 Å².